The van der Waals surface area contributed by atoms with Crippen LogP contribution in [0.3, 0.4) is 0 Å². The summed E-state index contributed by atoms with van der Waals surface area (Å²) in [7, 11) is -3.48. The van der Waals surface area contributed by atoms with Crippen LogP contribution in [0.15, 0.2) is 11.0 Å². The minimum atomic E-state index is -3.48. The lowest BCUT2D eigenvalue weighted by atomic mass is 10.4. The Morgan fingerprint density at radius 1 is 1.38 bits per heavy atom. The minimum absolute atomic E-state index is 0.240. The maximum atomic E-state index is 12.4. The third-order valence-corrected chi connectivity index (χ3v) is 5.76. The number of nitrogens with one attached hydrogen (secondary N) is 2. The normalized spacial score (nSPS) is 13.5. The molecular formula is C14H26N2O3S2. The number of hydrogen-bond donors (Lipinski definition) is 2. The first-order valence-corrected chi connectivity index (χ1v) is 9.60. The van der Waals surface area contributed by atoms with E-state index < -0.39 is 10.0 Å². The van der Waals surface area contributed by atoms with Crippen molar-refractivity contribution in [3.8, 4) is 0 Å². The zero-order valence-corrected chi connectivity index (χ0v) is 14.9. The molecule has 0 fully saturated rings. The molecule has 2 N–H and O–H groups in total. The second-order valence-electron chi connectivity index (χ2n) is 4.99. The lowest BCUT2D eigenvalue weighted by Gasteiger charge is -2.13. The Hall–Kier alpha value is -0.470. The van der Waals surface area contributed by atoms with Crippen LogP contribution in [0.5, 0.6) is 0 Å². The molecule has 122 valence electrons. The summed E-state index contributed by atoms with van der Waals surface area (Å²) >= 11 is 1.52. The van der Waals surface area contributed by atoms with E-state index in [1.165, 1.54) is 11.3 Å². The van der Waals surface area contributed by atoms with E-state index in [1.54, 1.807) is 13.0 Å². The van der Waals surface area contributed by atoms with Crippen LogP contribution in [0.4, 0.5) is 0 Å². The van der Waals surface area contributed by atoms with Gasteiger partial charge in [-0.2, -0.15) is 0 Å². The third kappa shape index (κ3) is 6.04. The average molecular weight is 335 g/mol. The molecule has 1 heterocycles. The summed E-state index contributed by atoms with van der Waals surface area (Å²) in [5.41, 5.74) is 0. The van der Waals surface area contributed by atoms with Crippen molar-refractivity contribution >= 4 is 21.4 Å². The Balaban J connectivity index is 2.74. The monoisotopic (exact) mass is 334 g/mol. The quantitative estimate of drug-likeness (QED) is 0.644. The number of hydrogen-bond acceptors (Lipinski definition) is 5. The topological polar surface area (TPSA) is 67.4 Å². The standard InChI is InChI=1S/C14H26N2O3S2/c1-5-7-15-9-13-8-14(12(4)20-13)21(17,18)16-11(3)10-19-6-2/h8,11,15-16H,5-7,9-10H2,1-4H3. The van der Waals surface area contributed by atoms with Crippen LogP contribution in [0.2, 0.25) is 0 Å². The average Bonchev–Trinajstić information content (AvgIpc) is 2.78. The summed E-state index contributed by atoms with van der Waals surface area (Å²) < 4.78 is 32.7. The van der Waals surface area contributed by atoms with Gasteiger partial charge >= 0.3 is 0 Å². The maximum absolute atomic E-state index is 12.4. The van der Waals surface area contributed by atoms with Crippen molar-refractivity contribution in [1.82, 2.24) is 10.0 Å². The van der Waals surface area contributed by atoms with Gasteiger partial charge in [-0.1, -0.05) is 6.92 Å². The predicted octanol–water partition coefficient (Wildman–Crippen LogP) is 2.26. The summed E-state index contributed by atoms with van der Waals surface area (Å²) in [6, 6.07) is 1.52. The van der Waals surface area contributed by atoms with Crippen LogP contribution in [0, 0.1) is 6.92 Å². The fourth-order valence-electron chi connectivity index (χ4n) is 1.92. The maximum Gasteiger partial charge on any atom is 0.241 e. The lowest BCUT2D eigenvalue weighted by molar-refractivity contribution is 0.133. The molecule has 5 nitrogen and oxygen atoms in total. The van der Waals surface area contributed by atoms with Crippen LogP contribution in [0.1, 0.15) is 36.9 Å². The zero-order valence-electron chi connectivity index (χ0n) is 13.2. The molecule has 21 heavy (non-hydrogen) atoms. The van der Waals surface area contributed by atoms with E-state index >= 15 is 0 Å². The van der Waals surface area contributed by atoms with Gasteiger partial charge in [0.25, 0.3) is 0 Å². The fraction of sp³-hybridized carbons (Fsp3) is 0.714. The summed E-state index contributed by atoms with van der Waals surface area (Å²) in [4.78, 5) is 2.24. The number of ether oxygens (including phenoxy) is 1. The lowest BCUT2D eigenvalue weighted by Crippen LogP contribution is -2.36. The van der Waals surface area contributed by atoms with Gasteiger partial charge in [0.05, 0.1) is 11.5 Å². The number of aryl methyl sites for hydroxylation is 1. The zero-order chi connectivity index (χ0) is 15.9. The minimum Gasteiger partial charge on any atom is -0.380 e. The summed E-state index contributed by atoms with van der Waals surface area (Å²) in [6.07, 6.45) is 1.06. The SMILES string of the molecule is CCCNCc1cc(S(=O)(=O)NC(C)COCC)c(C)s1. The highest BCUT2D eigenvalue weighted by Gasteiger charge is 2.22. The van der Waals surface area contributed by atoms with Crippen molar-refractivity contribution in [1.29, 1.82) is 0 Å². The van der Waals surface area contributed by atoms with Gasteiger partial charge in [0.2, 0.25) is 10.0 Å². The molecule has 1 aromatic rings. The fourth-order valence-corrected chi connectivity index (χ4v) is 4.76. The van der Waals surface area contributed by atoms with Crippen molar-refractivity contribution in [3.63, 3.8) is 0 Å². The Bertz CT molecular complexity index is 526. The number of rotatable bonds is 10. The van der Waals surface area contributed by atoms with Gasteiger partial charge < -0.3 is 10.1 Å². The van der Waals surface area contributed by atoms with E-state index in [1.807, 2.05) is 13.8 Å². The van der Waals surface area contributed by atoms with Crippen molar-refractivity contribution in [2.45, 2.75) is 51.6 Å². The van der Waals surface area contributed by atoms with E-state index in [2.05, 4.69) is 17.0 Å². The molecule has 0 spiro atoms. The van der Waals surface area contributed by atoms with Crippen molar-refractivity contribution in [2.75, 3.05) is 19.8 Å². The number of sulfonamides is 1. The van der Waals surface area contributed by atoms with E-state index in [0.717, 1.165) is 22.7 Å². The van der Waals surface area contributed by atoms with Gasteiger partial charge in [-0.25, -0.2) is 13.1 Å². The second kappa shape index (κ2) is 8.85. The molecule has 7 heteroatoms. The van der Waals surface area contributed by atoms with Crippen LogP contribution < -0.4 is 10.0 Å². The van der Waals surface area contributed by atoms with E-state index in [4.69, 9.17) is 4.74 Å². The van der Waals surface area contributed by atoms with Gasteiger partial charge in [0.15, 0.2) is 0 Å². The van der Waals surface area contributed by atoms with Crippen LogP contribution in [0.25, 0.3) is 0 Å². The Morgan fingerprint density at radius 3 is 2.71 bits per heavy atom. The Labute approximate surface area is 132 Å². The Morgan fingerprint density at radius 2 is 2.10 bits per heavy atom. The molecule has 0 saturated heterocycles. The molecule has 0 amide bonds. The first kappa shape index (κ1) is 18.6. The molecule has 1 rings (SSSR count). The molecule has 0 bridgehead atoms. The summed E-state index contributed by atoms with van der Waals surface area (Å²) in [5, 5.41) is 3.29. The number of thiophene rings is 1. The van der Waals surface area contributed by atoms with Crippen LogP contribution in [-0.2, 0) is 21.3 Å². The molecule has 0 saturated carbocycles. The van der Waals surface area contributed by atoms with Gasteiger partial charge in [0, 0.05) is 28.9 Å². The van der Waals surface area contributed by atoms with Gasteiger partial charge in [-0.05, 0) is 39.8 Å². The van der Waals surface area contributed by atoms with Crippen molar-refractivity contribution in [2.24, 2.45) is 0 Å². The van der Waals surface area contributed by atoms with Gasteiger partial charge in [-0.3, -0.25) is 0 Å². The second-order valence-corrected chi connectivity index (χ2v) is 8.02. The highest BCUT2D eigenvalue weighted by Crippen LogP contribution is 2.25. The van der Waals surface area contributed by atoms with Crippen LogP contribution >= 0.6 is 11.3 Å². The largest absolute Gasteiger partial charge is 0.380 e. The highest BCUT2D eigenvalue weighted by atomic mass is 32.2. The molecule has 1 atom stereocenters. The molecule has 0 radical (unpaired) electrons. The third-order valence-electron chi connectivity index (χ3n) is 2.87. The smallest absolute Gasteiger partial charge is 0.241 e. The molecule has 1 aromatic heterocycles. The molecular weight excluding hydrogens is 308 g/mol. The highest BCUT2D eigenvalue weighted by molar-refractivity contribution is 7.89. The van der Waals surface area contributed by atoms with Crippen LogP contribution in [-0.4, -0.2) is 34.2 Å². The first-order chi connectivity index (χ1) is 9.90. The van der Waals surface area contributed by atoms with E-state index in [-0.39, 0.29) is 6.04 Å². The van der Waals surface area contributed by atoms with Crippen molar-refractivity contribution < 1.29 is 13.2 Å². The summed E-state index contributed by atoms with van der Waals surface area (Å²) in [5.74, 6) is 0. The molecule has 0 aliphatic carbocycles. The Kier molecular flexibility index (Phi) is 7.83. The first-order valence-electron chi connectivity index (χ1n) is 7.30. The molecule has 0 aromatic carbocycles. The predicted molar refractivity (Wildman–Crippen MR) is 87.3 cm³/mol. The molecule has 1 unspecified atom stereocenters. The molecule has 0 aliphatic heterocycles. The molecule has 0 aliphatic rings. The van der Waals surface area contributed by atoms with Gasteiger partial charge in [0.1, 0.15) is 0 Å². The van der Waals surface area contributed by atoms with Gasteiger partial charge in [-0.15, -0.1) is 11.3 Å². The van der Waals surface area contributed by atoms with E-state index in [9.17, 15) is 8.42 Å². The summed E-state index contributed by atoms with van der Waals surface area (Å²) in [6.45, 7) is 10.2. The van der Waals surface area contributed by atoms with E-state index in [0.29, 0.717) is 24.7 Å². The van der Waals surface area contributed by atoms with Crippen molar-refractivity contribution in [3.05, 3.63) is 15.8 Å².